The maximum Gasteiger partial charge on any atom is 0.246 e. The molecule has 0 spiro atoms. The lowest BCUT2D eigenvalue weighted by atomic mass is 10.2. The fourth-order valence-electron chi connectivity index (χ4n) is 1.57. The van der Waals surface area contributed by atoms with E-state index in [1.54, 1.807) is 6.92 Å². The van der Waals surface area contributed by atoms with Gasteiger partial charge in [0.1, 0.15) is 10.7 Å². The Kier molecular flexibility index (Phi) is 5.49. The van der Waals surface area contributed by atoms with Crippen molar-refractivity contribution < 1.29 is 17.9 Å². The third kappa shape index (κ3) is 3.34. The van der Waals surface area contributed by atoms with Gasteiger partial charge in [0, 0.05) is 23.1 Å². The molecular weight excluding hydrogens is 337 g/mol. The van der Waals surface area contributed by atoms with Crippen LogP contribution in [0.4, 0.5) is 4.39 Å². The van der Waals surface area contributed by atoms with E-state index in [4.69, 9.17) is 5.11 Å². The van der Waals surface area contributed by atoms with Crippen LogP contribution in [-0.4, -0.2) is 30.9 Å². The topological polar surface area (TPSA) is 57.6 Å². The number of aliphatic hydroxyl groups excluding tert-OH is 1. The first-order valence-electron chi connectivity index (χ1n) is 5.82. The summed E-state index contributed by atoms with van der Waals surface area (Å²) in [5, 5.41) is 9.06. The molecule has 1 N–H and O–H groups in total. The average Bonchev–Trinajstić information content (AvgIpc) is 2.38. The Morgan fingerprint density at radius 3 is 2.53 bits per heavy atom. The molecule has 1 unspecified atom stereocenters. The molecule has 0 radical (unpaired) electrons. The summed E-state index contributed by atoms with van der Waals surface area (Å²) in [5.74, 6) is -0.902. The second kappa shape index (κ2) is 6.30. The van der Waals surface area contributed by atoms with Crippen LogP contribution in [0.15, 0.2) is 21.5 Å². The Balaban J connectivity index is 3.41. The fraction of sp³-hybridized carbons (Fsp3) is 0.500. The van der Waals surface area contributed by atoms with Crippen molar-refractivity contribution in [2.24, 2.45) is 0 Å². The molecule has 0 saturated carbocycles. The minimum Gasteiger partial charge on any atom is -0.392 e. The first kappa shape index (κ1) is 16.6. The van der Waals surface area contributed by atoms with Gasteiger partial charge in [0.25, 0.3) is 0 Å². The molecule has 1 aromatic rings. The van der Waals surface area contributed by atoms with Crippen molar-refractivity contribution in [2.75, 3.05) is 7.05 Å². The Labute approximate surface area is 121 Å². The van der Waals surface area contributed by atoms with Gasteiger partial charge < -0.3 is 5.11 Å². The second-order valence-corrected chi connectivity index (χ2v) is 7.20. The number of rotatable bonds is 5. The van der Waals surface area contributed by atoms with Gasteiger partial charge in [-0.25, -0.2) is 12.8 Å². The number of nitrogens with zero attached hydrogens (tertiary/aromatic N) is 1. The van der Waals surface area contributed by atoms with E-state index < -0.39 is 27.3 Å². The van der Waals surface area contributed by atoms with Gasteiger partial charge in [-0.3, -0.25) is 0 Å². The van der Waals surface area contributed by atoms with Gasteiger partial charge in [0.05, 0.1) is 6.61 Å². The fourth-order valence-corrected chi connectivity index (χ4v) is 3.79. The summed E-state index contributed by atoms with van der Waals surface area (Å²) >= 11 is 3.12. The lowest BCUT2D eigenvalue weighted by Gasteiger charge is -2.23. The highest BCUT2D eigenvalue weighted by Crippen LogP contribution is 2.27. The van der Waals surface area contributed by atoms with Gasteiger partial charge in [-0.15, -0.1) is 0 Å². The molecule has 1 aromatic carbocycles. The van der Waals surface area contributed by atoms with Gasteiger partial charge >= 0.3 is 0 Å². The molecule has 0 amide bonds. The molecule has 0 aliphatic heterocycles. The molecular formula is C12H17BrFNO3S. The van der Waals surface area contributed by atoms with Crippen molar-refractivity contribution in [1.82, 2.24) is 4.31 Å². The van der Waals surface area contributed by atoms with Crippen LogP contribution in [0.2, 0.25) is 0 Å². The van der Waals surface area contributed by atoms with Crippen LogP contribution in [0.3, 0.4) is 0 Å². The number of halogens is 2. The van der Waals surface area contributed by atoms with Crippen LogP contribution in [-0.2, 0) is 16.6 Å². The molecule has 0 aliphatic carbocycles. The number of sulfonamides is 1. The highest BCUT2D eigenvalue weighted by Gasteiger charge is 2.29. The van der Waals surface area contributed by atoms with E-state index >= 15 is 0 Å². The number of hydrogen-bond donors (Lipinski definition) is 1. The van der Waals surface area contributed by atoms with Gasteiger partial charge in [-0.05, 0) is 25.5 Å². The third-order valence-corrected chi connectivity index (χ3v) is 5.55. The van der Waals surface area contributed by atoms with E-state index in [2.05, 4.69) is 15.9 Å². The molecule has 0 aliphatic rings. The van der Waals surface area contributed by atoms with Crippen LogP contribution in [0.25, 0.3) is 0 Å². The molecule has 0 fully saturated rings. The second-order valence-electron chi connectivity index (χ2n) is 4.31. The van der Waals surface area contributed by atoms with Crippen LogP contribution < -0.4 is 0 Å². The Hall–Kier alpha value is -0.500. The van der Waals surface area contributed by atoms with Crippen molar-refractivity contribution in [2.45, 2.75) is 37.8 Å². The third-order valence-electron chi connectivity index (χ3n) is 3.12. The summed E-state index contributed by atoms with van der Waals surface area (Å²) < 4.78 is 40.4. The summed E-state index contributed by atoms with van der Waals surface area (Å²) in [5.41, 5.74) is -0.0505. The molecule has 0 saturated heterocycles. The average molecular weight is 354 g/mol. The van der Waals surface area contributed by atoms with Crippen LogP contribution in [0.1, 0.15) is 25.8 Å². The van der Waals surface area contributed by atoms with Crippen molar-refractivity contribution in [3.05, 3.63) is 28.0 Å². The van der Waals surface area contributed by atoms with Gasteiger partial charge in [-0.2, -0.15) is 4.31 Å². The number of aliphatic hydroxyl groups is 1. The highest BCUT2D eigenvalue weighted by atomic mass is 79.9. The van der Waals surface area contributed by atoms with E-state index in [0.29, 0.717) is 10.9 Å². The maximum atomic E-state index is 14.1. The summed E-state index contributed by atoms with van der Waals surface area (Å²) in [4.78, 5) is -0.422. The minimum absolute atomic E-state index is 0.0505. The first-order chi connectivity index (χ1) is 8.75. The number of hydrogen-bond acceptors (Lipinski definition) is 3. The van der Waals surface area contributed by atoms with Gasteiger partial charge in [0.2, 0.25) is 10.0 Å². The standard InChI is InChI=1S/C12H17BrFNO3S/c1-4-8(2)15(3)19(17,18)11-6-10(13)5-9(7-16)12(11)14/h5-6,8,16H,4,7H2,1-3H3. The van der Waals surface area contributed by atoms with Crippen molar-refractivity contribution in [3.8, 4) is 0 Å². The zero-order valence-corrected chi connectivity index (χ0v) is 13.4. The molecule has 0 bridgehead atoms. The number of benzene rings is 1. The van der Waals surface area contributed by atoms with Crippen molar-refractivity contribution >= 4 is 26.0 Å². The van der Waals surface area contributed by atoms with E-state index in [0.717, 1.165) is 4.31 Å². The van der Waals surface area contributed by atoms with Crippen LogP contribution in [0.5, 0.6) is 0 Å². The highest BCUT2D eigenvalue weighted by molar-refractivity contribution is 9.10. The SMILES string of the molecule is CCC(C)N(C)S(=O)(=O)c1cc(Br)cc(CO)c1F. The normalized spacial score (nSPS) is 13.8. The van der Waals surface area contributed by atoms with E-state index in [1.165, 1.54) is 19.2 Å². The molecule has 0 aromatic heterocycles. The lowest BCUT2D eigenvalue weighted by molar-refractivity contribution is 0.274. The Morgan fingerprint density at radius 1 is 1.47 bits per heavy atom. The molecule has 108 valence electrons. The molecule has 1 rings (SSSR count). The van der Waals surface area contributed by atoms with Gasteiger partial charge in [-0.1, -0.05) is 22.9 Å². The summed E-state index contributed by atoms with van der Waals surface area (Å²) in [7, 11) is -2.50. The quantitative estimate of drug-likeness (QED) is 0.884. The van der Waals surface area contributed by atoms with E-state index in [9.17, 15) is 12.8 Å². The smallest absolute Gasteiger partial charge is 0.246 e. The van der Waals surface area contributed by atoms with E-state index in [-0.39, 0.29) is 11.6 Å². The largest absolute Gasteiger partial charge is 0.392 e. The maximum absolute atomic E-state index is 14.1. The molecule has 4 nitrogen and oxygen atoms in total. The summed E-state index contributed by atoms with van der Waals surface area (Å²) in [6, 6.07) is 2.33. The van der Waals surface area contributed by atoms with Gasteiger partial charge in [0.15, 0.2) is 0 Å². The lowest BCUT2D eigenvalue weighted by Crippen LogP contribution is -2.35. The zero-order chi connectivity index (χ0) is 14.8. The Bertz CT molecular complexity index is 562. The van der Waals surface area contributed by atoms with Crippen LogP contribution in [0, 0.1) is 5.82 Å². The molecule has 1 atom stereocenters. The van der Waals surface area contributed by atoms with Crippen molar-refractivity contribution in [3.63, 3.8) is 0 Å². The van der Waals surface area contributed by atoms with Crippen molar-refractivity contribution in [1.29, 1.82) is 0 Å². The predicted octanol–water partition coefficient (Wildman–Crippen LogP) is 2.50. The first-order valence-corrected chi connectivity index (χ1v) is 8.05. The summed E-state index contributed by atoms with van der Waals surface area (Å²) in [6.07, 6.45) is 0.623. The molecule has 19 heavy (non-hydrogen) atoms. The zero-order valence-electron chi connectivity index (χ0n) is 11.0. The Morgan fingerprint density at radius 2 is 2.05 bits per heavy atom. The molecule has 0 heterocycles. The minimum atomic E-state index is -3.92. The van der Waals surface area contributed by atoms with Crippen LogP contribution >= 0.6 is 15.9 Å². The predicted molar refractivity (Wildman–Crippen MR) is 74.7 cm³/mol. The summed E-state index contributed by atoms with van der Waals surface area (Å²) in [6.45, 7) is 3.05. The van der Waals surface area contributed by atoms with E-state index in [1.807, 2.05) is 6.92 Å². The monoisotopic (exact) mass is 353 g/mol. The molecule has 7 heteroatoms.